The van der Waals surface area contributed by atoms with Crippen LogP contribution in [-0.4, -0.2) is 50.6 Å². The Bertz CT molecular complexity index is 1610. The van der Waals surface area contributed by atoms with Crippen molar-refractivity contribution in [1.29, 1.82) is 0 Å². The number of methoxy groups -OCH3 is 2. The van der Waals surface area contributed by atoms with Crippen LogP contribution in [0.1, 0.15) is 50.0 Å². The molecule has 0 amide bonds. The van der Waals surface area contributed by atoms with Crippen LogP contribution in [0.25, 0.3) is 0 Å². The number of benzene rings is 4. The zero-order valence-corrected chi connectivity index (χ0v) is 30.4. The molecule has 5 nitrogen and oxygen atoms in total. The van der Waals surface area contributed by atoms with E-state index in [4.69, 9.17) is 37.7 Å². The lowest BCUT2D eigenvalue weighted by molar-refractivity contribution is 0.252. The Balaban J connectivity index is 1.60. The molecule has 0 aromatic heterocycles. The second kappa shape index (κ2) is 14.5. The maximum atomic E-state index is 10.5. The summed E-state index contributed by atoms with van der Waals surface area (Å²) in [5, 5.41) is 16.8. The fraction of sp³-hybridized carbons (Fsp3) is 0.324. The van der Waals surface area contributed by atoms with Gasteiger partial charge in [0.25, 0.3) is 8.32 Å². The molecule has 1 aliphatic rings. The van der Waals surface area contributed by atoms with Gasteiger partial charge in [0.2, 0.25) is 0 Å². The molecule has 0 radical (unpaired) electrons. The molecule has 1 aliphatic heterocycles. The summed E-state index contributed by atoms with van der Waals surface area (Å²) in [7, 11) is 0.504. The van der Waals surface area contributed by atoms with Gasteiger partial charge in [-0.1, -0.05) is 117 Å². The predicted molar refractivity (Wildman–Crippen MR) is 199 cm³/mol. The number of anilines is 1. The van der Waals surface area contributed by atoms with Gasteiger partial charge in [-0.25, -0.2) is 0 Å². The molecule has 2 unspecified atom stereocenters. The van der Waals surface area contributed by atoms with Crippen LogP contribution in [0.15, 0.2) is 97.1 Å². The first kappa shape index (κ1) is 34.5. The summed E-state index contributed by atoms with van der Waals surface area (Å²) in [5.41, 5.74) is 2.81. The third kappa shape index (κ3) is 6.61. The molecule has 2 atom stereocenters. The molecule has 1 heterocycles. The Hall–Kier alpha value is -2.85. The monoisotopic (exact) mass is 691 g/mol. The normalized spacial score (nSPS) is 18.3. The highest BCUT2D eigenvalue weighted by molar-refractivity contribution is 8.03. The first-order valence-corrected chi connectivity index (χ1v) is 19.0. The number of thiocarbonyl (C=S) groups is 1. The van der Waals surface area contributed by atoms with Crippen molar-refractivity contribution in [3.8, 4) is 11.5 Å². The first-order valence-electron chi connectivity index (χ1n) is 15.5. The summed E-state index contributed by atoms with van der Waals surface area (Å²) in [4.78, 5) is 0.658. The molecule has 2 N–H and O–H groups in total. The molecule has 0 fully saturated rings. The summed E-state index contributed by atoms with van der Waals surface area (Å²) < 4.78 is 18.3. The zero-order chi connectivity index (χ0) is 33.0. The average Bonchev–Trinajstić information content (AvgIpc) is 3.17. The van der Waals surface area contributed by atoms with E-state index in [1.165, 1.54) is 10.4 Å². The largest absolute Gasteiger partial charge is 0.493 e. The van der Waals surface area contributed by atoms with Crippen molar-refractivity contribution in [2.24, 2.45) is 0 Å². The standard InChI is InChI=1S/C37H42ClNO4S2Si/c1-36(2,3)46(27-13-8-6-9-14-27,28-15-10-7-11-16-28)43-24-22-37(21-23-40)35(44)39-31-20-19-26(38)25-30(31)34(45-37)29-17-12-18-32(41-4)33(29)42-5/h6-20,25,34,40H,21-24H2,1-5H3,(H,39,44). The van der Waals surface area contributed by atoms with Crippen LogP contribution in [0.2, 0.25) is 10.1 Å². The van der Waals surface area contributed by atoms with Gasteiger partial charge in [-0.15, -0.1) is 11.8 Å². The van der Waals surface area contributed by atoms with E-state index in [-0.39, 0.29) is 16.9 Å². The molecular weight excluding hydrogens is 650 g/mol. The lowest BCUT2D eigenvalue weighted by Crippen LogP contribution is -2.66. The van der Waals surface area contributed by atoms with Crippen LogP contribution in [0.3, 0.4) is 0 Å². The van der Waals surface area contributed by atoms with Crippen molar-refractivity contribution >= 4 is 64.9 Å². The molecule has 0 spiro atoms. The van der Waals surface area contributed by atoms with Gasteiger partial charge in [0.15, 0.2) is 11.5 Å². The molecule has 5 rings (SSSR count). The molecule has 4 aromatic rings. The van der Waals surface area contributed by atoms with E-state index in [0.29, 0.717) is 41.0 Å². The predicted octanol–water partition coefficient (Wildman–Crippen LogP) is 8.02. The van der Waals surface area contributed by atoms with Crippen LogP contribution >= 0.6 is 35.6 Å². The lowest BCUT2D eigenvalue weighted by atomic mass is 9.99. The highest BCUT2D eigenvalue weighted by atomic mass is 35.5. The van der Waals surface area contributed by atoms with E-state index >= 15 is 0 Å². The number of thioether (sulfide) groups is 1. The van der Waals surface area contributed by atoms with E-state index in [1.54, 1.807) is 26.0 Å². The van der Waals surface area contributed by atoms with Crippen molar-refractivity contribution in [1.82, 2.24) is 0 Å². The van der Waals surface area contributed by atoms with Gasteiger partial charge < -0.3 is 24.3 Å². The lowest BCUT2D eigenvalue weighted by Gasteiger charge is -2.44. The number of halogens is 1. The summed E-state index contributed by atoms with van der Waals surface area (Å²) >= 11 is 14.5. The minimum absolute atomic E-state index is 0.0346. The second-order valence-electron chi connectivity index (χ2n) is 12.5. The van der Waals surface area contributed by atoms with E-state index in [9.17, 15) is 5.11 Å². The van der Waals surface area contributed by atoms with Crippen molar-refractivity contribution in [3.63, 3.8) is 0 Å². The third-order valence-corrected chi connectivity index (χ3v) is 16.5. The number of nitrogens with one attached hydrogen (secondary N) is 1. The Morgan fingerprint density at radius 1 is 0.870 bits per heavy atom. The molecule has 9 heteroatoms. The van der Waals surface area contributed by atoms with Gasteiger partial charge in [0.1, 0.15) is 0 Å². The number of ether oxygens (including phenoxy) is 2. The Morgan fingerprint density at radius 2 is 1.52 bits per heavy atom. The van der Waals surface area contributed by atoms with Gasteiger partial charge in [0, 0.05) is 29.5 Å². The van der Waals surface area contributed by atoms with Crippen LogP contribution in [0, 0.1) is 0 Å². The summed E-state index contributed by atoms with van der Waals surface area (Å²) in [5.74, 6) is 1.30. The van der Waals surface area contributed by atoms with Gasteiger partial charge in [0.05, 0.1) is 29.2 Å². The van der Waals surface area contributed by atoms with E-state index in [1.807, 2.05) is 30.3 Å². The van der Waals surface area contributed by atoms with Crippen molar-refractivity contribution in [3.05, 3.63) is 113 Å². The SMILES string of the molecule is COc1cccc(C2SC(CCO)(CCO[Si](c3ccccc3)(c3ccccc3)C(C)(C)C)C(=S)Nc3ccc(Cl)cc32)c1OC. The number of rotatable bonds is 11. The quantitative estimate of drug-likeness (QED) is 0.122. The van der Waals surface area contributed by atoms with Gasteiger partial charge in [-0.2, -0.15) is 0 Å². The smallest absolute Gasteiger partial charge is 0.261 e. The molecule has 0 bridgehead atoms. The molecule has 4 aromatic carbocycles. The molecule has 0 aliphatic carbocycles. The fourth-order valence-electron chi connectivity index (χ4n) is 6.57. The number of para-hydroxylation sites is 1. The zero-order valence-electron chi connectivity index (χ0n) is 27.0. The van der Waals surface area contributed by atoms with Gasteiger partial charge in [-0.3, -0.25) is 0 Å². The number of aliphatic hydroxyl groups is 1. The van der Waals surface area contributed by atoms with Crippen LogP contribution in [0.5, 0.6) is 11.5 Å². The van der Waals surface area contributed by atoms with Crippen molar-refractivity contribution in [2.75, 3.05) is 32.8 Å². The molecule has 0 saturated heterocycles. The van der Waals surface area contributed by atoms with E-state index in [2.05, 4.69) is 92.8 Å². The molecule has 46 heavy (non-hydrogen) atoms. The summed E-state index contributed by atoms with van der Waals surface area (Å²) in [6.07, 6.45) is 1.02. The summed E-state index contributed by atoms with van der Waals surface area (Å²) in [6, 6.07) is 33.0. The number of hydrogen-bond donors (Lipinski definition) is 2. The summed E-state index contributed by atoms with van der Waals surface area (Å²) in [6.45, 7) is 7.25. The van der Waals surface area contributed by atoms with Crippen molar-refractivity contribution < 1.29 is 19.0 Å². The molecular formula is C37H42ClNO4S2Si. The van der Waals surface area contributed by atoms with Crippen LogP contribution in [0.4, 0.5) is 5.69 Å². The maximum Gasteiger partial charge on any atom is 0.261 e. The van der Waals surface area contributed by atoms with Crippen LogP contribution < -0.4 is 25.2 Å². The molecule has 0 saturated carbocycles. The highest BCUT2D eigenvalue weighted by Gasteiger charge is 2.51. The number of hydrogen-bond acceptors (Lipinski definition) is 6. The Labute approximate surface area is 288 Å². The molecule has 242 valence electrons. The van der Waals surface area contributed by atoms with E-state index in [0.717, 1.165) is 16.8 Å². The number of aliphatic hydroxyl groups excluding tert-OH is 1. The Kier molecular flexibility index (Phi) is 10.9. The van der Waals surface area contributed by atoms with Gasteiger partial charge >= 0.3 is 0 Å². The Morgan fingerprint density at radius 3 is 2.09 bits per heavy atom. The van der Waals surface area contributed by atoms with Crippen molar-refractivity contribution in [2.45, 2.75) is 48.6 Å². The third-order valence-electron chi connectivity index (χ3n) is 8.77. The average molecular weight is 692 g/mol. The van der Waals surface area contributed by atoms with Crippen LogP contribution in [-0.2, 0) is 4.43 Å². The maximum absolute atomic E-state index is 10.5. The first-order chi connectivity index (χ1) is 22.1. The number of fused-ring (bicyclic) bond motifs is 1. The fourth-order valence-corrected chi connectivity index (χ4v) is 13.4. The van der Waals surface area contributed by atoms with Gasteiger partial charge in [-0.05, 0) is 58.1 Å². The second-order valence-corrected chi connectivity index (χ2v) is 19.1. The highest BCUT2D eigenvalue weighted by Crippen LogP contribution is 2.55. The minimum atomic E-state index is -2.79. The topological polar surface area (TPSA) is 60.0 Å². The minimum Gasteiger partial charge on any atom is -0.493 e. The van der Waals surface area contributed by atoms with E-state index < -0.39 is 13.1 Å².